The minimum Gasteiger partial charge on any atom is -0.481 e. The molecule has 0 saturated heterocycles. The van der Waals surface area contributed by atoms with Gasteiger partial charge in [0.25, 0.3) is 0 Å². The van der Waals surface area contributed by atoms with Crippen molar-refractivity contribution in [2.45, 2.75) is 30.5 Å². The van der Waals surface area contributed by atoms with Gasteiger partial charge in [0, 0.05) is 6.20 Å². The highest BCUT2D eigenvalue weighted by Crippen LogP contribution is 2.26. The van der Waals surface area contributed by atoms with Gasteiger partial charge in [-0.05, 0) is 25.5 Å². The van der Waals surface area contributed by atoms with E-state index in [1.54, 1.807) is 12.3 Å². The van der Waals surface area contributed by atoms with E-state index in [1.165, 1.54) is 18.7 Å². The molecule has 1 N–H and O–H groups in total. The summed E-state index contributed by atoms with van der Waals surface area (Å²) in [6.45, 7) is 3.28. The first-order valence-corrected chi connectivity index (χ1v) is 5.69. The van der Waals surface area contributed by atoms with Gasteiger partial charge >= 0.3 is 5.97 Å². The number of aliphatic carboxylic acids is 1. The molecule has 86 valence electrons. The summed E-state index contributed by atoms with van der Waals surface area (Å²) in [5, 5.41) is 8.84. The molecule has 5 heteroatoms. The van der Waals surface area contributed by atoms with Gasteiger partial charge in [0.15, 0.2) is 0 Å². The first-order valence-electron chi connectivity index (χ1n) is 4.81. The summed E-state index contributed by atoms with van der Waals surface area (Å²) in [4.78, 5) is 26.0. The normalized spacial score (nSPS) is 12.1. The number of carboxylic acids is 1. The Morgan fingerprint density at radius 1 is 1.56 bits per heavy atom. The first-order chi connectivity index (χ1) is 7.50. The number of thioether (sulfide) groups is 1. The Kier molecular flexibility index (Phi) is 4.49. The Bertz CT molecular complexity index is 406. The van der Waals surface area contributed by atoms with Crippen molar-refractivity contribution in [1.29, 1.82) is 0 Å². The zero-order chi connectivity index (χ0) is 12.1. The monoisotopic (exact) mass is 239 g/mol. The Morgan fingerprint density at radius 3 is 2.75 bits per heavy atom. The largest absolute Gasteiger partial charge is 0.481 e. The van der Waals surface area contributed by atoms with Crippen molar-refractivity contribution in [3.05, 3.63) is 23.9 Å². The van der Waals surface area contributed by atoms with Crippen molar-refractivity contribution < 1.29 is 14.7 Å². The fourth-order valence-electron chi connectivity index (χ4n) is 1.16. The summed E-state index contributed by atoms with van der Waals surface area (Å²) >= 11 is 1.21. The fourth-order valence-corrected chi connectivity index (χ4v) is 2.19. The number of hydrogen-bond donors (Lipinski definition) is 1. The highest BCUT2D eigenvalue weighted by Gasteiger charge is 2.20. The summed E-state index contributed by atoms with van der Waals surface area (Å²) in [6.07, 6.45) is 1.46. The molecule has 16 heavy (non-hydrogen) atoms. The van der Waals surface area contributed by atoms with E-state index in [2.05, 4.69) is 4.98 Å². The molecular weight excluding hydrogens is 226 g/mol. The van der Waals surface area contributed by atoms with Crippen molar-refractivity contribution >= 4 is 23.5 Å². The molecule has 0 aliphatic rings. The van der Waals surface area contributed by atoms with Gasteiger partial charge in [-0.2, -0.15) is 0 Å². The zero-order valence-corrected chi connectivity index (χ0v) is 9.95. The summed E-state index contributed by atoms with van der Waals surface area (Å²) in [5.41, 5.74) is 0.948. The van der Waals surface area contributed by atoms with Gasteiger partial charge < -0.3 is 5.11 Å². The maximum absolute atomic E-state index is 11.3. The fraction of sp³-hybridized carbons (Fsp3) is 0.364. The lowest BCUT2D eigenvalue weighted by molar-refractivity contribution is -0.138. The van der Waals surface area contributed by atoms with Gasteiger partial charge in [0.1, 0.15) is 5.78 Å². The Morgan fingerprint density at radius 2 is 2.25 bits per heavy atom. The van der Waals surface area contributed by atoms with Crippen molar-refractivity contribution in [2.24, 2.45) is 0 Å². The van der Waals surface area contributed by atoms with Crippen molar-refractivity contribution in [3.8, 4) is 0 Å². The van der Waals surface area contributed by atoms with Gasteiger partial charge in [0.2, 0.25) is 0 Å². The van der Waals surface area contributed by atoms with Crippen LogP contribution in [0.2, 0.25) is 0 Å². The first kappa shape index (κ1) is 12.7. The number of ketones is 1. The number of rotatable bonds is 5. The molecular formula is C11H13NO3S. The van der Waals surface area contributed by atoms with Crippen LogP contribution in [0.15, 0.2) is 23.4 Å². The van der Waals surface area contributed by atoms with Crippen LogP contribution in [0.5, 0.6) is 0 Å². The molecule has 0 fully saturated rings. The maximum Gasteiger partial charge on any atom is 0.304 e. The van der Waals surface area contributed by atoms with Crippen LogP contribution in [-0.2, 0) is 9.59 Å². The SMILES string of the molecule is CC(=O)C(CC(=O)O)Sc1ncccc1C. The molecule has 1 aromatic heterocycles. The number of pyridine rings is 1. The smallest absolute Gasteiger partial charge is 0.304 e. The topological polar surface area (TPSA) is 67.3 Å². The van der Waals surface area contributed by atoms with Crippen LogP contribution in [0.4, 0.5) is 0 Å². The number of carbonyl (C=O) groups is 2. The van der Waals surface area contributed by atoms with Crippen LogP contribution >= 0.6 is 11.8 Å². The number of aromatic nitrogens is 1. The summed E-state index contributed by atoms with van der Waals surface area (Å²) in [6, 6.07) is 3.69. The van der Waals surface area contributed by atoms with E-state index in [9.17, 15) is 9.59 Å². The highest BCUT2D eigenvalue weighted by molar-refractivity contribution is 8.00. The quantitative estimate of drug-likeness (QED) is 0.795. The highest BCUT2D eigenvalue weighted by atomic mass is 32.2. The second kappa shape index (κ2) is 5.65. The standard InChI is InChI=1S/C11H13NO3S/c1-7-4-3-5-12-11(7)16-9(8(2)13)6-10(14)15/h3-5,9H,6H2,1-2H3,(H,14,15). The number of aryl methyl sites for hydroxylation is 1. The Labute approximate surface area is 98.1 Å². The summed E-state index contributed by atoms with van der Waals surface area (Å²) < 4.78 is 0. The van der Waals surface area contributed by atoms with E-state index in [1.807, 2.05) is 13.0 Å². The summed E-state index contributed by atoms with van der Waals surface area (Å²) in [5.74, 6) is -1.11. The lowest BCUT2D eigenvalue weighted by Gasteiger charge is -2.11. The van der Waals surface area contributed by atoms with Crippen molar-refractivity contribution in [2.75, 3.05) is 0 Å². The van der Waals surface area contributed by atoms with Gasteiger partial charge in [-0.1, -0.05) is 17.8 Å². The number of hydrogen-bond acceptors (Lipinski definition) is 4. The second-order valence-electron chi connectivity index (χ2n) is 3.44. The lowest BCUT2D eigenvalue weighted by atomic mass is 10.2. The minimum absolute atomic E-state index is 0.141. The molecule has 1 rings (SSSR count). The maximum atomic E-state index is 11.3. The minimum atomic E-state index is -0.971. The number of nitrogens with zero attached hydrogens (tertiary/aromatic N) is 1. The van der Waals surface area contributed by atoms with Crippen LogP contribution in [0, 0.1) is 6.92 Å². The third kappa shape index (κ3) is 3.66. The van der Waals surface area contributed by atoms with Crippen LogP contribution in [-0.4, -0.2) is 27.1 Å². The van der Waals surface area contributed by atoms with Gasteiger partial charge in [0.05, 0.1) is 16.7 Å². The summed E-state index contributed by atoms with van der Waals surface area (Å²) in [7, 11) is 0. The average Bonchev–Trinajstić information content (AvgIpc) is 2.19. The number of carboxylic acid groups (broad SMARTS) is 1. The van der Waals surface area contributed by atoms with Crippen LogP contribution in [0.3, 0.4) is 0 Å². The van der Waals surface area contributed by atoms with E-state index in [0.29, 0.717) is 5.03 Å². The molecule has 0 aliphatic heterocycles. The molecule has 0 saturated carbocycles. The molecule has 0 amide bonds. The van der Waals surface area contributed by atoms with Gasteiger partial charge in [-0.3, -0.25) is 9.59 Å². The van der Waals surface area contributed by atoms with E-state index in [0.717, 1.165) is 5.56 Å². The van der Waals surface area contributed by atoms with Crippen molar-refractivity contribution in [1.82, 2.24) is 4.98 Å². The molecule has 1 atom stereocenters. The van der Waals surface area contributed by atoms with E-state index in [-0.39, 0.29) is 12.2 Å². The van der Waals surface area contributed by atoms with Crippen LogP contribution < -0.4 is 0 Å². The van der Waals surface area contributed by atoms with Crippen LogP contribution in [0.1, 0.15) is 18.9 Å². The molecule has 1 unspecified atom stereocenters. The number of Topliss-reactive ketones (excluding diaryl/α,β-unsaturated/α-hetero) is 1. The molecule has 1 heterocycles. The molecule has 0 spiro atoms. The van der Waals surface area contributed by atoms with E-state index in [4.69, 9.17) is 5.11 Å². The molecule has 0 radical (unpaired) electrons. The molecule has 0 aromatic carbocycles. The zero-order valence-electron chi connectivity index (χ0n) is 9.14. The average molecular weight is 239 g/mol. The Balaban J connectivity index is 2.80. The molecule has 1 aromatic rings. The number of carbonyl (C=O) groups excluding carboxylic acids is 1. The van der Waals surface area contributed by atoms with E-state index >= 15 is 0 Å². The molecule has 0 bridgehead atoms. The van der Waals surface area contributed by atoms with Gasteiger partial charge in [-0.15, -0.1) is 0 Å². The predicted octanol–water partition coefficient (Wildman–Crippen LogP) is 1.91. The lowest BCUT2D eigenvalue weighted by Crippen LogP contribution is -2.18. The third-order valence-electron chi connectivity index (χ3n) is 2.03. The van der Waals surface area contributed by atoms with Crippen molar-refractivity contribution in [3.63, 3.8) is 0 Å². The van der Waals surface area contributed by atoms with Crippen LogP contribution in [0.25, 0.3) is 0 Å². The molecule has 4 nitrogen and oxygen atoms in total. The predicted molar refractivity (Wildman–Crippen MR) is 61.6 cm³/mol. The van der Waals surface area contributed by atoms with E-state index < -0.39 is 11.2 Å². The third-order valence-corrected chi connectivity index (χ3v) is 3.46. The second-order valence-corrected chi connectivity index (χ2v) is 4.63. The molecule has 0 aliphatic carbocycles. The Hall–Kier alpha value is -1.36. The van der Waals surface area contributed by atoms with Gasteiger partial charge in [-0.25, -0.2) is 4.98 Å².